The maximum Gasteiger partial charge on any atom is 0.160 e. The summed E-state index contributed by atoms with van der Waals surface area (Å²) in [6.45, 7) is 0. The molecule has 0 unspecified atom stereocenters. The van der Waals surface area contributed by atoms with Gasteiger partial charge < -0.3 is 0 Å². The Labute approximate surface area is 156 Å². The molecule has 0 aliphatic carbocycles. The van der Waals surface area contributed by atoms with Crippen molar-refractivity contribution in [1.82, 2.24) is 9.97 Å². The Kier molecular flexibility index (Phi) is 4.17. The molecule has 0 radical (unpaired) electrons. The maximum atomic E-state index is 4.87. The quantitative estimate of drug-likeness (QED) is 0.356. The second-order valence-corrected chi connectivity index (χ2v) is 7.18. The number of nitrogens with zero attached hydrogens (tertiary/aromatic N) is 2. The van der Waals surface area contributed by atoms with Crippen molar-refractivity contribution in [2.75, 3.05) is 0 Å². The topological polar surface area (TPSA) is 25.8 Å². The molecule has 4 heteroatoms. The van der Waals surface area contributed by atoms with Crippen LogP contribution in [-0.2, 0) is 0 Å². The maximum absolute atomic E-state index is 4.87. The SMILES string of the molecule is Brc1cc(Br)c2nc(-c3ccccc3)nc(-c3ccccc3)c2c1. The summed E-state index contributed by atoms with van der Waals surface area (Å²) in [5.41, 5.74) is 3.92. The second-order valence-electron chi connectivity index (χ2n) is 5.41. The van der Waals surface area contributed by atoms with E-state index in [1.165, 1.54) is 0 Å². The molecule has 4 aromatic rings. The predicted octanol–water partition coefficient (Wildman–Crippen LogP) is 6.49. The van der Waals surface area contributed by atoms with E-state index in [1.807, 2.05) is 54.6 Å². The van der Waals surface area contributed by atoms with Crippen molar-refractivity contribution in [2.24, 2.45) is 0 Å². The Morgan fingerprint density at radius 2 is 1.29 bits per heavy atom. The highest BCUT2D eigenvalue weighted by molar-refractivity contribution is 9.11. The molecule has 0 aliphatic heterocycles. The molecule has 0 aliphatic rings. The van der Waals surface area contributed by atoms with Gasteiger partial charge in [-0.1, -0.05) is 76.6 Å². The fourth-order valence-electron chi connectivity index (χ4n) is 2.69. The van der Waals surface area contributed by atoms with Crippen molar-refractivity contribution in [3.05, 3.63) is 81.7 Å². The van der Waals surface area contributed by atoms with Crippen molar-refractivity contribution >= 4 is 42.8 Å². The average molecular weight is 440 g/mol. The van der Waals surface area contributed by atoms with E-state index in [4.69, 9.17) is 9.97 Å². The molecule has 0 bridgehead atoms. The number of benzene rings is 3. The third-order valence-corrected chi connectivity index (χ3v) is 4.86. The Bertz CT molecular complexity index is 1020. The summed E-state index contributed by atoms with van der Waals surface area (Å²) < 4.78 is 1.94. The number of rotatable bonds is 2. The zero-order valence-electron chi connectivity index (χ0n) is 12.6. The molecule has 0 saturated heterocycles. The van der Waals surface area contributed by atoms with Gasteiger partial charge in [-0.3, -0.25) is 0 Å². The first-order chi connectivity index (χ1) is 11.7. The molecule has 1 heterocycles. The van der Waals surface area contributed by atoms with E-state index in [1.54, 1.807) is 0 Å². The molecule has 0 saturated carbocycles. The molecule has 3 aromatic carbocycles. The van der Waals surface area contributed by atoms with E-state index in [9.17, 15) is 0 Å². The molecule has 0 N–H and O–H groups in total. The number of aromatic nitrogens is 2. The minimum absolute atomic E-state index is 0.727. The smallest absolute Gasteiger partial charge is 0.160 e. The van der Waals surface area contributed by atoms with E-state index in [-0.39, 0.29) is 0 Å². The lowest BCUT2D eigenvalue weighted by atomic mass is 10.1. The molecule has 24 heavy (non-hydrogen) atoms. The molecule has 2 nitrogen and oxygen atoms in total. The Hall–Kier alpha value is -2.04. The van der Waals surface area contributed by atoms with Gasteiger partial charge in [-0.2, -0.15) is 0 Å². The third-order valence-electron chi connectivity index (χ3n) is 3.80. The molecule has 0 amide bonds. The zero-order valence-corrected chi connectivity index (χ0v) is 15.8. The first kappa shape index (κ1) is 15.5. The fourth-order valence-corrected chi connectivity index (χ4v) is 4.00. The van der Waals surface area contributed by atoms with Crippen LogP contribution in [0, 0.1) is 0 Å². The Balaban J connectivity index is 2.08. The summed E-state index contributed by atoms with van der Waals surface area (Å²) in [5, 5.41) is 1.02. The van der Waals surface area contributed by atoms with Crippen LogP contribution in [0.5, 0.6) is 0 Å². The lowest BCUT2D eigenvalue weighted by Crippen LogP contribution is -1.96. The van der Waals surface area contributed by atoms with E-state index in [0.29, 0.717) is 0 Å². The summed E-state index contributed by atoms with van der Waals surface area (Å²) >= 11 is 7.21. The van der Waals surface area contributed by atoms with E-state index >= 15 is 0 Å². The van der Waals surface area contributed by atoms with E-state index in [2.05, 4.69) is 50.1 Å². The molecule has 0 fully saturated rings. The lowest BCUT2D eigenvalue weighted by molar-refractivity contribution is 1.22. The number of hydrogen-bond acceptors (Lipinski definition) is 2. The fraction of sp³-hybridized carbons (Fsp3) is 0. The van der Waals surface area contributed by atoms with Crippen LogP contribution in [-0.4, -0.2) is 9.97 Å². The van der Waals surface area contributed by atoms with Gasteiger partial charge >= 0.3 is 0 Å². The summed E-state index contributed by atoms with van der Waals surface area (Å²) in [4.78, 5) is 9.66. The van der Waals surface area contributed by atoms with Crippen molar-refractivity contribution < 1.29 is 0 Å². The monoisotopic (exact) mass is 438 g/mol. The Morgan fingerprint density at radius 3 is 1.96 bits per heavy atom. The summed E-state index contributed by atoms with van der Waals surface area (Å²) in [5.74, 6) is 0.727. The van der Waals surface area contributed by atoms with E-state index in [0.717, 1.165) is 42.5 Å². The summed E-state index contributed by atoms with van der Waals surface area (Å²) in [6.07, 6.45) is 0. The van der Waals surface area contributed by atoms with Crippen LogP contribution >= 0.6 is 31.9 Å². The average Bonchev–Trinajstić information content (AvgIpc) is 2.62. The molecular weight excluding hydrogens is 428 g/mol. The molecule has 0 spiro atoms. The molecule has 1 aromatic heterocycles. The van der Waals surface area contributed by atoms with Gasteiger partial charge in [0.25, 0.3) is 0 Å². The largest absolute Gasteiger partial charge is 0.227 e. The van der Waals surface area contributed by atoms with Crippen LogP contribution in [0.25, 0.3) is 33.5 Å². The van der Waals surface area contributed by atoms with E-state index < -0.39 is 0 Å². The minimum atomic E-state index is 0.727. The van der Waals surface area contributed by atoms with Gasteiger partial charge in [0.15, 0.2) is 5.82 Å². The van der Waals surface area contributed by atoms with Gasteiger partial charge in [-0.05, 0) is 28.1 Å². The van der Waals surface area contributed by atoms with Crippen molar-refractivity contribution in [3.8, 4) is 22.6 Å². The Morgan fingerprint density at radius 1 is 0.667 bits per heavy atom. The first-order valence-electron chi connectivity index (χ1n) is 7.50. The highest BCUT2D eigenvalue weighted by Crippen LogP contribution is 2.34. The van der Waals surface area contributed by atoms with Crippen molar-refractivity contribution in [2.45, 2.75) is 0 Å². The highest BCUT2D eigenvalue weighted by atomic mass is 79.9. The van der Waals surface area contributed by atoms with Gasteiger partial charge in [0.2, 0.25) is 0 Å². The normalized spacial score (nSPS) is 10.9. The molecular formula is C20H12Br2N2. The number of fused-ring (bicyclic) bond motifs is 1. The lowest BCUT2D eigenvalue weighted by Gasteiger charge is -2.11. The van der Waals surface area contributed by atoms with Crippen LogP contribution in [0.2, 0.25) is 0 Å². The van der Waals surface area contributed by atoms with Gasteiger partial charge in [0.1, 0.15) is 0 Å². The van der Waals surface area contributed by atoms with Gasteiger partial charge in [-0.15, -0.1) is 0 Å². The first-order valence-corrected chi connectivity index (χ1v) is 9.08. The van der Waals surface area contributed by atoms with Gasteiger partial charge in [0, 0.05) is 25.5 Å². The molecule has 0 atom stereocenters. The standard InChI is InChI=1S/C20H12Br2N2/c21-15-11-16-18(13-7-3-1-4-8-13)23-20(14-9-5-2-6-10-14)24-19(16)17(22)12-15/h1-12H. The van der Waals surface area contributed by atoms with Crippen molar-refractivity contribution in [3.63, 3.8) is 0 Å². The van der Waals surface area contributed by atoms with Crippen LogP contribution < -0.4 is 0 Å². The van der Waals surface area contributed by atoms with Crippen LogP contribution in [0.15, 0.2) is 81.7 Å². The molecule has 4 rings (SSSR count). The second kappa shape index (κ2) is 6.46. The van der Waals surface area contributed by atoms with Crippen LogP contribution in [0.3, 0.4) is 0 Å². The highest BCUT2D eigenvalue weighted by Gasteiger charge is 2.14. The summed E-state index contributed by atoms with van der Waals surface area (Å²) in [6, 6.07) is 24.4. The number of hydrogen-bond donors (Lipinski definition) is 0. The summed E-state index contributed by atoms with van der Waals surface area (Å²) in [7, 11) is 0. The number of halogens is 2. The van der Waals surface area contributed by atoms with Crippen molar-refractivity contribution in [1.29, 1.82) is 0 Å². The van der Waals surface area contributed by atoms with Gasteiger partial charge in [-0.25, -0.2) is 9.97 Å². The van der Waals surface area contributed by atoms with Crippen LogP contribution in [0.1, 0.15) is 0 Å². The van der Waals surface area contributed by atoms with Crippen LogP contribution in [0.4, 0.5) is 0 Å². The van der Waals surface area contributed by atoms with Gasteiger partial charge in [0.05, 0.1) is 11.2 Å². The minimum Gasteiger partial charge on any atom is -0.227 e. The predicted molar refractivity (Wildman–Crippen MR) is 106 cm³/mol. The zero-order chi connectivity index (χ0) is 16.5. The third kappa shape index (κ3) is 2.87. The molecule has 116 valence electrons.